The average molecular weight is 316 g/mol. The van der Waals surface area contributed by atoms with E-state index in [1.54, 1.807) is 33.9 Å². The molecule has 0 bridgehead atoms. The number of aryl methyl sites for hydroxylation is 2. The van der Waals surface area contributed by atoms with E-state index in [1.165, 1.54) is 4.57 Å². The summed E-state index contributed by atoms with van der Waals surface area (Å²) in [5.41, 5.74) is 1.67. The average Bonchev–Trinajstić information content (AvgIpc) is 3.02. The van der Waals surface area contributed by atoms with E-state index in [2.05, 4.69) is 25.7 Å². The Hall–Kier alpha value is -2.97. The summed E-state index contributed by atoms with van der Waals surface area (Å²) in [6.45, 7) is 5.27. The number of carbonyl (C=O) groups is 1. The van der Waals surface area contributed by atoms with Crippen molar-refractivity contribution in [2.24, 2.45) is 7.05 Å². The largest absolute Gasteiger partial charge is 0.343 e. The number of amides is 1. The molecular weight excluding hydrogens is 300 g/mol. The van der Waals surface area contributed by atoms with E-state index < -0.39 is 6.04 Å². The molecule has 1 atom stereocenters. The Bertz CT molecular complexity index is 951. The number of rotatable bonds is 3. The van der Waals surface area contributed by atoms with Crippen molar-refractivity contribution in [2.75, 3.05) is 0 Å². The molecule has 1 amide bonds. The first kappa shape index (κ1) is 14.9. The van der Waals surface area contributed by atoms with Gasteiger partial charge in [-0.2, -0.15) is 5.10 Å². The lowest BCUT2D eigenvalue weighted by molar-refractivity contribution is 0.0939. The Labute approximate surface area is 130 Å². The minimum atomic E-state index is -0.449. The van der Waals surface area contributed by atoms with Crippen LogP contribution in [0.4, 0.5) is 0 Å². The summed E-state index contributed by atoms with van der Waals surface area (Å²) >= 11 is 0. The standard InChI is InChI=1S/C14H16N6O3/c1-6-5-9(10-7(2)19-23-13(10)15-6)12(21)16-8(3)11-17-18-14(22)20(11)4/h5,8H,1-4H3,(H,16,21)(H,18,22). The Morgan fingerprint density at radius 1 is 1.43 bits per heavy atom. The van der Waals surface area contributed by atoms with E-state index in [-0.39, 0.29) is 11.6 Å². The van der Waals surface area contributed by atoms with E-state index in [0.717, 1.165) is 0 Å². The topological polar surface area (TPSA) is 119 Å². The van der Waals surface area contributed by atoms with Gasteiger partial charge in [0, 0.05) is 12.7 Å². The Balaban J connectivity index is 1.96. The number of hydrogen-bond acceptors (Lipinski definition) is 6. The molecule has 23 heavy (non-hydrogen) atoms. The number of hydrogen-bond donors (Lipinski definition) is 2. The van der Waals surface area contributed by atoms with Crippen molar-refractivity contribution in [3.05, 3.63) is 39.3 Å². The summed E-state index contributed by atoms with van der Waals surface area (Å²) in [5.74, 6) is 0.127. The Morgan fingerprint density at radius 2 is 2.17 bits per heavy atom. The highest BCUT2D eigenvalue weighted by atomic mass is 16.5. The number of nitrogens with zero attached hydrogens (tertiary/aromatic N) is 4. The van der Waals surface area contributed by atoms with Gasteiger partial charge in [-0.25, -0.2) is 14.9 Å². The van der Waals surface area contributed by atoms with Crippen LogP contribution < -0.4 is 11.0 Å². The van der Waals surface area contributed by atoms with Crippen LogP contribution in [0.25, 0.3) is 11.1 Å². The van der Waals surface area contributed by atoms with Gasteiger partial charge >= 0.3 is 5.69 Å². The van der Waals surface area contributed by atoms with E-state index >= 15 is 0 Å². The number of aromatic amines is 1. The summed E-state index contributed by atoms with van der Waals surface area (Å²) in [7, 11) is 1.59. The number of nitrogens with one attached hydrogen (secondary N) is 2. The van der Waals surface area contributed by atoms with Crippen LogP contribution in [-0.4, -0.2) is 30.8 Å². The van der Waals surface area contributed by atoms with Crippen LogP contribution >= 0.6 is 0 Å². The number of aromatic nitrogens is 5. The Kier molecular flexibility index (Phi) is 3.47. The van der Waals surface area contributed by atoms with E-state index in [1.807, 2.05) is 0 Å². The van der Waals surface area contributed by atoms with Crippen LogP contribution in [0.5, 0.6) is 0 Å². The first-order chi connectivity index (χ1) is 10.9. The van der Waals surface area contributed by atoms with Crippen molar-refractivity contribution in [3.63, 3.8) is 0 Å². The van der Waals surface area contributed by atoms with Crippen molar-refractivity contribution in [1.82, 2.24) is 30.2 Å². The summed E-state index contributed by atoms with van der Waals surface area (Å²) < 4.78 is 6.48. The highest BCUT2D eigenvalue weighted by molar-refractivity contribution is 6.06. The molecule has 0 radical (unpaired) electrons. The van der Waals surface area contributed by atoms with Gasteiger partial charge in [-0.15, -0.1) is 0 Å². The number of H-pyrrole nitrogens is 1. The summed E-state index contributed by atoms with van der Waals surface area (Å²) in [5, 5.41) is 13.5. The first-order valence-electron chi connectivity index (χ1n) is 7.04. The predicted octanol–water partition coefficient (Wildman–Crippen LogP) is 0.752. The van der Waals surface area contributed by atoms with Crippen LogP contribution in [-0.2, 0) is 7.05 Å². The molecule has 0 aromatic carbocycles. The Morgan fingerprint density at radius 3 is 2.83 bits per heavy atom. The molecule has 2 N–H and O–H groups in total. The predicted molar refractivity (Wildman–Crippen MR) is 81.0 cm³/mol. The molecule has 3 rings (SSSR count). The second kappa shape index (κ2) is 5.34. The van der Waals surface area contributed by atoms with Gasteiger partial charge in [0.05, 0.1) is 22.7 Å². The van der Waals surface area contributed by atoms with Crippen LogP contribution in [0, 0.1) is 13.8 Å². The van der Waals surface area contributed by atoms with Gasteiger partial charge in [-0.05, 0) is 26.8 Å². The SMILES string of the molecule is Cc1cc(C(=O)NC(C)c2n[nH]c(=O)n2C)c2c(C)noc2n1. The molecule has 0 aliphatic heterocycles. The molecular formula is C14H16N6O3. The fraction of sp³-hybridized carbons (Fsp3) is 0.357. The molecule has 9 nitrogen and oxygen atoms in total. The van der Waals surface area contributed by atoms with E-state index in [4.69, 9.17) is 4.52 Å². The van der Waals surface area contributed by atoms with E-state index in [9.17, 15) is 9.59 Å². The van der Waals surface area contributed by atoms with Crippen LogP contribution in [0.3, 0.4) is 0 Å². The minimum Gasteiger partial charge on any atom is -0.342 e. The highest BCUT2D eigenvalue weighted by Crippen LogP contribution is 2.22. The van der Waals surface area contributed by atoms with Crippen LogP contribution in [0.15, 0.2) is 15.4 Å². The quantitative estimate of drug-likeness (QED) is 0.736. The maximum atomic E-state index is 12.6. The lowest BCUT2D eigenvalue weighted by Crippen LogP contribution is -2.29. The molecule has 120 valence electrons. The van der Waals surface area contributed by atoms with Gasteiger partial charge in [0.2, 0.25) is 0 Å². The smallest absolute Gasteiger partial charge is 0.342 e. The van der Waals surface area contributed by atoms with Crippen molar-refractivity contribution < 1.29 is 9.32 Å². The van der Waals surface area contributed by atoms with Crippen molar-refractivity contribution in [1.29, 1.82) is 0 Å². The fourth-order valence-corrected chi connectivity index (χ4v) is 2.48. The summed E-state index contributed by atoms with van der Waals surface area (Å²) in [4.78, 5) is 28.3. The van der Waals surface area contributed by atoms with Gasteiger partial charge in [0.25, 0.3) is 11.6 Å². The lowest BCUT2D eigenvalue weighted by atomic mass is 10.1. The molecule has 0 aliphatic carbocycles. The summed E-state index contributed by atoms with van der Waals surface area (Å²) in [6.07, 6.45) is 0. The first-order valence-corrected chi connectivity index (χ1v) is 7.04. The van der Waals surface area contributed by atoms with Gasteiger partial charge in [0.15, 0.2) is 5.82 Å². The zero-order valence-corrected chi connectivity index (χ0v) is 13.2. The minimum absolute atomic E-state index is 0.310. The fourth-order valence-electron chi connectivity index (χ4n) is 2.48. The molecule has 0 spiro atoms. The number of carbonyl (C=O) groups excluding carboxylic acids is 1. The number of pyridine rings is 1. The third-order valence-electron chi connectivity index (χ3n) is 3.64. The normalized spacial score (nSPS) is 12.5. The highest BCUT2D eigenvalue weighted by Gasteiger charge is 2.21. The molecule has 1 unspecified atom stereocenters. The number of fused-ring (bicyclic) bond motifs is 1. The second-order valence-electron chi connectivity index (χ2n) is 5.40. The third kappa shape index (κ3) is 2.50. The maximum absolute atomic E-state index is 12.6. The zero-order valence-electron chi connectivity index (χ0n) is 13.2. The molecule has 0 saturated heterocycles. The van der Waals surface area contributed by atoms with Crippen molar-refractivity contribution in [2.45, 2.75) is 26.8 Å². The monoisotopic (exact) mass is 316 g/mol. The third-order valence-corrected chi connectivity index (χ3v) is 3.64. The molecule has 0 fully saturated rings. The molecule has 0 aliphatic rings. The molecule has 3 aromatic heterocycles. The van der Waals surface area contributed by atoms with Gasteiger partial charge in [-0.1, -0.05) is 5.16 Å². The lowest BCUT2D eigenvalue weighted by Gasteiger charge is -2.13. The van der Waals surface area contributed by atoms with Crippen LogP contribution in [0.1, 0.15) is 40.5 Å². The van der Waals surface area contributed by atoms with Gasteiger partial charge in [-0.3, -0.25) is 9.36 Å². The molecule has 3 heterocycles. The maximum Gasteiger partial charge on any atom is 0.343 e. The van der Waals surface area contributed by atoms with E-state index in [0.29, 0.717) is 33.9 Å². The van der Waals surface area contributed by atoms with Crippen LogP contribution in [0.2, 0.25) is 0 Å². The molecule has 9 heteroatoms. The van der Waals surface area contributed by atoms with Gasteiger partial charge in [0.1, 0.15) is 0 Å². The summed E-state index contributed by atoms with van der Waals surface area (Å²) in [6, 6.07) is 1.23. The zero-order chi connectivity index (χ0) is 16.7. The molecule has 3 aromatic rings. The van der Waals surface area contributed by atoms with Gasteiger partial charge < -0.3 is 9.84 Å². The van der Waals surface area contributed by atoms with Crippen molar-refractivity contribution >= 4 is 17.0 Å². The van der Waals surface area contributed by atoms with Crippen molar-refractivity contribution in [3.8, 4) is 0 Å². The molecule has 0 saturated carbocycles. The second-order valence-corrected chi connectivity index (χ2v) is 5.40.